The molecule has 0 aliphatic carbocycles. The smallest absolute Gasteiger partial charge is 0.407 e. The van der Waals surface area contributed by atoms with E-state index in [1.807, 2.05) is 31.2 Å². The highest BCUT2D eigenvalue weighted by molar-refractivity contribution is 5.96. The Hall–Kier alpha value is -3.67. The van der Waals surface area contributed by atoms with Crippen molar-refractivity contribution in [3.63, 3.8) is 0 Å². The molecule has 0 saturated heterocycles. The minimum Gasteiger partial charge on any atom is -0.487 e. The molecule has 3 aromatic rings. The Bertz CT molecular complexity index is 1290. The van der Waals surface area contributed by atoms with Crippen molar-refractivity contribution in [2.45, 2.75) is 53.6 Å². The van der Waals surface area contributed by atoms with Gasteiger partial charge in [0.05, 0.1) is 5.69 Å². The Morgan fingerprint density at radius 2 is 1.89 bits per heavy atom. The number of fused-ring (bicyclic) bond motifs is 1. The molecular formula is C30H34N2O4. The number of carboxylic acid groups (broad SMARTS) is 1. The molecule has 0 radical (unpaired) electrons. The van der Waals surface area contributed by atoms with Crippen LogP contribution in [0.2, 0.25) is 0 Å². The SMILES string of the molecule is CC(=O)c1ccc(OCc2cc(C)ccn2)c(-c2ccc3c(c2)CCN(C(=O)O)CC3C(C)(C)C)c1. The fourth-order valence-electron chi connectivity index (χ4n) is 4.84. The molecule has 1 atom stereocenters. The van der Waals surface area contributed by atoms with Crippen LogP contribution in [0, 0.1) is 12.3 Å². The molecular weight excluding hydrogens is 452 g/mol. The van der Waals surface area contributed by atoms with Crippen molar-refractivity contribution < 1.29 is 19.4 Å². The first kappa shape index (κ1) is 25.4. The number of aromatic nitrogens is 1. The van der Waals surface area contributed by atoms with Gasteiger partial charge in [-0.15, -0.1) is 0 Å². The van der Waals surface area contributed by atoms with E-state index in [1.165, 1.54) is 10.5 Å². The lowest BCUT2D eigenvalue weighted by atomic mass is 9.74. The van der Waals surface area contributed by atoms with E-state index in [2.05, 4.69) is 44.0 Å². The van der Waals surface area contributed by atoms with Crippen molar-refractivity contribution >= 4 is 11.9 Å². The zero-order valence-electron chi connectivity index (χ0n) is 21.7. The van der Waals surface area contributed by atoms with E-state index in [1.54, 1.807) is 19.2 Å². The lowest BCUT2D eigenvalue weighted by molar-refractivity contribution is 0.101. The maximum atomic E-state index is 12.2. The molecule has 2 heterocycles. The summed E-state index contributed by atoms with van der Waals surface area (Å²) in [5.41, 5.74) is 6.57. The van der Waals surface area contributed by atoms with Crippen molar-refractivity contribution in [2.75, 3.05) is 13.1 Å². The molecule has 1 aliphatic heterocycles. The maximum Gasteiger partial charge on any atom is 0.407 e. The van der Waals surface area contributed by atoms with Crippen molar-refractivity contribution in [1.29, 1.82) is 0 Å². The van der Waals surface area contributed by atoms with Crippen LogP contribution in [-0.4, -0.2) is 40.0 Å². The third-order valence-electron chi connectivity index (χ3n) is 6.93. The lowest BCUT2D eigenvalue weighted by Crippen LogP contribution is -2.36. The number of ketones is 1. The molecule has 4 rings (SSSR count). The molecule has 1 aliphatic rings. The van der Waals surface area contributed by atoms with Crippen LogP contribution in [0.1, 0.15) is 66.4 Å². The molecule has 1 amide bonds. The number of hydrogen-bond donors (Lipinski definition) is 1. The maximum absolute atomic E-state index is 12.2. The van der Waals surface area contributed by atoms with Gasteiger partial charge in [-0.2, -0.15) is 0 Å². The van der Waals surface area contributed by atoms with Gasteiger partial charge >= 0.3 is 6.09 Å². The minimum atomic E-state index is -0.883. The normalized spacial score (nSPS) is 15.7. The van der Waals surface area contributed by atoms with Crippen LogP contribution in [0.15, 0.2) is 54.7 Å². The largest absolute Gasteiger partial charge is 0.487 e. The second-order valence-corrected chi connectivity index (χ2v) is 10.7. The van der Waals surface area contributed by atoms with Crippen LogP contribution < -0.4 is 4.74 Å². The fraction of sp³-hybridized carbons (Fsp3) is 0.367. The number of aryl methyl sites for hydroxylation is 1. The van der Waals surface area contributed by atoms with Crippen LogP contribution >= 0.6 is 0 Å². The summed E-state index contributed by atoms with van der Waals surface area (Å²) in [6, 6.07) is 15.8. The number of rotatable bonds is 5. The summed E-state index contributed by atoms with van der Waals surface area (Å²) in [6.45, 7) is 11.3. The fourth-order valence-corrected chi connectivity index (χ4v) is 4.84. The molecule has 1 unspecified atom stereocenters. The van der Waals surface area contributed by atoms with Gasteiger partial charge in [0.2, 0.25) is 0 Å². The van der Waals surface area contributed by atoms with Crippen LogP contribution in [0.4, 0.5) is 4.79 Å². The van der Waals surface area contributed by atoms with Crippen LogP contribution in [0.3, 0.4) is 0 Å². The molecule has 6 heteroatoms. The van der Waals surface area contributed by atoms with E-state index < -0.39 is 6.09 Å². The zero-order valence-corrected chi connectivity index (χ0v) is 21.7. The summed E-state index contributed by atoms with van der Waals surface area (Å²) in [4.78, 5) is 29.9. The van der Waals surface area contributed by atoms with Crippen LogP contribution in [0.5, 0.6) is 5.75 Å². The number of Topliss-reactive ketones (excluding diaryl/α,β-unsaturated/α-hetero) is 1. The van der Waals surface area contributed by atoms with E-state index in [4.69, 9.17) is 4.74 Å². The number of ether oxygens (including phenoxy) is 1. The minimum absolute atomic E-state index is 0.0113. The van der Waals surface area contributed by atoms with Crippen molar-refractivity contribution in [1.82, 2.24) is 9.88 Å². The van der Waals surface area contributed by atoms with E-state index >= 15 is 0 Å². The Labute approximate surface area is 212 Å². The molecule has 6 nitrogen and oxygen atoms in total. The number of hydrogen-bond acceptors (Lipinski definition) is 4. The standard InChI is InChI=1S/C30H34N2O4/c1-19-10-12-31-24(14-19)18-36-28-9-7-21(20(2)33)16-26(28)22-6-8-25-23(15-22)11-13-32(29(34)35)17-27(25)30(3,4)5/h6-10,12,14-16,27H,11,13,17-18H2,1-5H3,(H,34,35). The molecule has 188 valence electrons. The number of carbonyl (C=O) groups excluding carboxylic acids is 1. The zero-order chi connectivity index (χ0) is 26.0. The first-order valence-electron chi connectivity index (χ1n) is 12.3. The molecule has 2 aromatic carbocycles. The summed E-state index contributed by atoms with van der Waals surface area (Å²) in [6.07, 6.45) is 1.52. The van der Waals surface area contributed by atoms with Gasteiger partial charge in [-0.3, -0.25) is 9.78 Å². The molecule has 0 bridgehead atoms. The number of pyridine rings is 1. The highest BCUT2D eigenvalue weighted by Crippen LogP contribution is 2.41. The molecule has 0 saturated carbocycles. The Balaban J connectivity index is 1.75. The highest BCUT2D eigenvalue weighted by atomic mass is 16.5. The Morgan fingerprint density at radius 3 is 2.56 bits per heavy atom. The van der Waals surface area contributed by atoms with E-state index in [9.17, 15) is 14.7 Å². The molecule has 36 heavy (non-hydrogen) atoms. The van der Waals surface area contributed by atoms with Gasteiger partial charge in [0.1, 0.15) is 12.4 Å². The summed E-state index contributed by atoms with van der Waals surface area (Å²) < 4.78 is 6.20. The van der Waals surface area contributed by atoms with Gasteiger partial charge in [-0.1, -0.05) is 39.0 Å². The highest BCUT2D eigenvalue weighted by Gasteiger charge is 2.33. The van der Waals surface area contributed by atoms with Crippen LogP contribution in [0.25, 0.3) is 11.1 Å². The number of benzene rings is 2. The van der Waals surface area contributed by atoms with Gasteiger partial charge in [0.25, 0.3) is 0 Å². The second-order valence-electron chi connectivity index (χ2n) is 10.7. The first-order valence-corrected chi connectivity index (χ1v) is 12.3. The third-order valence-corrected chi connectivity index (χ3v) is 6.93. The van der Waals surface area contributed by atoms with Gasteiger partial charge in [0.15, 0.2) is 5.78 Å². The average Bonchev–Trinajstić information content (AvgIpc) is 3.02. The van der Waals surface area contributed by atoms with Crippen molar-refractivity contribution in [2.24, 2.45) is 5.41 Å². The van der Waals surface area contributed by atoms with Gasteiger partial charge in [0, 0.05) is 36.3 Å². The molecule has 0 fully saturated rings. The molecule has 0 spiro atoms. The number of amides is 1. The lowest BCUT2D eigenvalue weighted by Gasteiger charge is -2.33. The van der Waals surface area contributed by atoms with E-state index in [-0.39, 0.29) is 17.1 Å². The monoisotopic (exact) mass is 486 g/mol. The summed E-state index contributed by atoms with van der Waals surface area (Å²) in [5, 5.41) is 9.72. The number of carbonyl (C=O) groups is 2. The van der Waals surface area contributed by atoms with E-state index in [0.717, 1.165) is 27.9 Å². The van der Waals surface area contributed by atoms with Crippen LogP contribution in [-0.2, 0) is 13.0 Å². The summed E-state index contributed by atoms with van der Waals surface area (Å²) in [7, 11) is 0. The van der Waals surface area contributed by atoms with Crippen molar-refractivity contribution in [3.8, 4) is 16.9 Å². The summed E-state index contributed by atoms with van der Waals surface area (Å²) >= 11 is 0. The predicted molar refractivity (Wildman–Crippen MR) is 141 cm³/mol. The topological polar surface area (TPSA) is 79.7 Å². The van der Waals surface area contributed by atoms with Gasteiger partial charge in [-0.25, -0.2) is 4.79 Å². The number of nitrogens with zero attached hydrogens (tertiary/aromatic N) is 2. The van der Waals surface area contributed by atoms with Gasteiger partial charge < -0.3 is 14.7 Å². The first-order chi connectivity index (χ1) is 17.0. The second kappa shape index (κ2) is 10.1. The van der Waals surface area contributed by atoms with Gasteiger partial charge in [-0.05, 0) is 78.3 Å². The average molecular weight is 487 g/mol. The van der Waals surface area contributed by atoms with Crippen molar-refractivity contribution in [3.05, 3.63) is 82.7 Å². The third kappa shape index (κ3) is 5.59. The molecule has 1 aromatic heterocycles. The Kier molecular flexibility index (Phi) is 7.16. The van der Waals surface area contributed by atoms with E-state index in [0.29, 0.717) is 37.4 Å². The summed E-state index contributed by atoms with van der Waals surface area (Å²) in [5.74, 6) is 0.742. The quantitative estimate of drug-likeness (QED) is 0.416. The Morgan fingerprint density at radius 1 is 1.11 bits per heavy atom. The molecule has 1 N–H and O–H groups in total. The predicted octanol–water partition coefficient (Wildman–Crippen LogP) is 6.50.